The molecule has 0 aliphatic carbocycles. The van der Waals surface area contributed by atoms with Gasteiger partial charge in [-0.3, -0.25) is 0 Å². The van der Waals surface area contributed by atoms with Gasteiger partial charge < -0.3 is 14.6 Å². The topological polar surface area (TPSA) is 38.7 Å². The SMILES string of the molecule is CCCCS[C@@H]1CO[C@H]2[C@@H]1OC[C@@H]2O. The summed E-state index contributed by atoms with van der Waals surface area (Å²) in [4.78, 5) is 0. The van der Waals surface area contributed by atoms with Crippen molar-refractivity contribution in [2.45, 2.75) is 43.3 Å². The average Bonchev–Trinajstić information content (AvgIpc) is 2.72. The molecular formula is C10H18O3S. The van der Waals surface area contributed by atoms with Crippen molar-refractivity contribution in [2.75, 3.05) is 19.0 Å². The lowest BCUT2D eigenvalue weighted by molar-refractivity contribution is 0.0188. The van der Waals surface area contributed by atoms with Gasteiger partial charge in [-0.25, -0.2) is 0 Å². The van der Waals surface area contributed by atoms with E-state index in [-0.39, 0.29) is 12.2 Å². The van der Waals surface area contributed by atoms with Crippen LogP contribution in [-0.4, -0.2) is 47.6 Å². The Labute approximate surface area is 89.2 Å². The minimum Gasteiger partial charge on any atom is -0.388 e. The second kappa shape index (κ2) is 4.84. The first-order chi connectivity index (χ1) is 6.83. The number of fused-ring (bicyclic) bond motifs is 1. The van der Waals surface area contributed by atoms with Gasteiger partial charge in [-0.15, -0.1) is 0 Å². The van der Waals surface area contributed by atoms with Crippen molar-refractivity contribution >= 4 is 11.8 Å². The van der Waals surface area contributed by atoms with Gasteiger partial charge in [0.25, 0.3) is 0 Å². The van der Waals surface area contributed by atoms with Crippen molar-refractivity contribution < 1.29 is 14.6 Å². The van der Waals surface area contributed by atoms with Gasteiger partial charge in [0.05, 0.1) is 18.5 Å². The molecule has 0 unspecified atom stereocenters. The van der Waals surface area contributed by atoms with Crippen LogP contribution in [0, 0.1) is 0 Å². The van der Waals surface area contributed by atoms with Crippen LogP contribution < -0.4 is 0 Å². The number of ether oxygens (including phenoxy) is 2. The molecule has 2 aliphatic rings. The zero-order chi connectivity index (χ0) is 9.97. The predicted octanol–water partition coefficient (Wildman–Crippen LogP) is 1.05. The minimum atomic E-state index is -0.406. The zero-order valence-corrected chi connectivity index (χ0v) is 9.33. The van der Waals surface area contributed by atoms with E-state index in [0.29, 0.717) is 11.9 Å². The van der Waals surface area contributed by atoms with Gasteiger partial charge in [0.1, 0.15) is 18.3 Å². The van der Waals surface area contributed by atoms with Gasteiger partial charge in [0, 0.05) is 0 Å². The normalized spacial score (nSPS) is 41.6. The first-order valence-electron chi connectivity index (χ1n) is 5.35. The summed E-state index contributed by atoms with van der Waals surface area (Å²) in [6.07, 6.45) is 2.15. The molecule has 1 N–H and O–H groups in total. The van der Waals surface area contributed by atoms with E-state index < -0.39 is 6.10 Å². The molecule has 2 aliphatic heterocycles. The fourth-order valence-corrected chi connectivity index (χ4v) is 3.32. The molecule has 0 spiro atoms. The molecule has 0 bridgehead atoms. The molecule has 0 amide bonds. The van der Waals surface area contributed by atoms with Crippen molar-refractivity contribution in [2.24, 2.45) is 0 Å². The fraction of sp³-hybridized carbons (Fsp3) is 1.00. The van der Waals surface area contributed by atoms with Crippen molar-refractivity contribution in [3.63, 3.8) is 0 Å². The van der Waals surface area contributed by atoms with E-state index in [0.717, 1.165) is 6.61 Å². The lowest BCUT2D eigenvalue weighted by atomic mass is 10.1. The fourth-order valence-electron chi connectivity index (χ4n) is 1.97. The number of unbranched alkanes of at least 4 members (excludes halogenated alkanes) is 1. The van der Waals surface area contributed by atoms with E-state index in [9.17, 15) is 5.11 Å². The number of thioether (sulfide) groups is 1. The number of aliphatic hydroxyl groups excluding tert-OH is 1. The Morgan fingerprint density at radius 1 is 1.29 bits per heavy atom. The zero-order valence-electron chi connectivity index (χ0n) is 8.52. The Morgan fingerprint density at radius 2 is 2.07 bits per heavy atom. The van der Waals surface area contributed by atoms with Gasteiger partial charge in [0.2, 0.25) is 0 Å². The molecular weight excluding hydrogens is 200 g/mol. The average molecular weight is 218 g/mol. The maximum atomic E-state index is 9.53. The maximum Gasteiger partial charge on any atom is 0.113 e. The highest BCUT2D eigenvalue weighted by atomic mass is 32.2. The van der Waals surface area contributed by atoms with Crippen LogP contribution in [0.5, 0.6) is 0 Å². The third kappa shape index (κ3) is 2.08. The minimum absolute atomic E-state index is 0.0610. The summed E-state index contributed by atoms with van der Waals surface area (Å²) in [7, 11) is 0. The second-order valence-electron chi connectivity index (χ2n) is 3.93. The standard InChI is InChI=1S/C10H18O3S/c1-2-3-4-14-8-6-13-9-7(11)5-12-10(8)9/h7-11H,2-6H2,1H3/t7-,8+,9+,10+/m0/s1. The maximum absolute atomic E-state index is 9.53. The lowest BCUT2D eigenvalue weighted by Gasteiger charge is -2.14. The molecule has 2 saturated heterocycles. The number of hydrogen-bond acceptors (Lipinski definition) is 4. The van der Waals surface area contributed by atoms with Gasteiger partial charge in [0.15, 0.2) is 0 Å². The monoisotopic (exact) mass is 218 g/mol. The van der Waals surface area contributed by atoms with E-state index in [1.807, 2.05) is 11.8 Å². The quantitative estimate of drug-likeness (QED) is 0.716. The van der Waals surface area contributed by atoms with E-state index in [4.69, 9.17) is 9.47 Å². The summed E-state index contributed by atoms with van der Waals surface area (Å²) < 4.78 is 11.1. The molecule has 82 valence electrons. The van der Waals surface area contributed by atoms with Crippen LogP contribution in [0.2, 0.25) is 0 Å². The van der Waals surface area contributed by atoms with Crippen molar-refractivity contribution in [1.29, 1.82) is 0 Å². The summed E-state index contributed by atoms with van der Waals surface area (Å²) in [5.41, 5.74) is 0. The van der Waals surface area contributed by atoms with E-state index in [1.54, 1.807) is 0 Å². The number of hydrogen-bond donors (Lipinski definition) is 1. The Kier molecular flexibility index (Phi) is 3.71. The van der Waals surface area contributed by atoms with Gasteiger partial charge in [-0.05, 0) is 12.2 Å². The summed E-state index contributed by atoms with van der Waals surface area (Å²) in [5, 5.41) is 9.96. The molecule has 0 aromatic heterocycles. The van der Waals surface area contributed by atoms with Crippen LogP contribution in [0.25, 0.3) is 0 Å². The molecule has 2 rings (SSSR count). The van der Waals surface area contributed by atoms with Crippen molar-refractivity contribution in [3.05, 3.63) is 0 Å². The van der Waals surface area contributed by atoms with Crippen LogP contribution in [0.15, 0.2) is 0 Å². The number of aliphatic hydroxyl groups is 1. The lowest BCUT2D eigenvalue weighted by Crippen LogP contribution is -2.30. The van der Waals surface area contributed by atoms with Gasteiger partial charge in [-0.2, -0.15) is 11.8 Å². The molecule has 4 atom stereocenters. The Balaban J connectivity index is 1.78. The Morgan fingerprint density at radius 3 is 2.86 bits per heavy atom. The third-order valence-electron chi connectivity index (χ3n) is 2.81. The van der Waals surface area contributed by atoms with E-state index in [2.05, 4.69) is 6.92 Å². The molecule has 0 saturated carbocycles. The van der Waals surface area contributed by atoms with E-state index in [1.165, 1.54) is 18.6 Å². The van der Waals surface area contributed by atoms with Crippen LogP contribution in [0.4, 0.5) is 0 Å². The molecule has 2 heterocycles. The van der Waals surface area contributed by atoms with Crippen molar-refractivity contribution in [1.82, 2.24) is 0 Å². The molecule has 3 nitrogen and oxygen atoms in total. The van der Waals surface area contributed by atoms with Gasteiger partial charge >= 0.3 is 0 Å². The first kappa shape index (κ1) is 10.7. The Hall–Kier alpha value is 0.230. The van der Waals surface area contributed by atoms with Crippen LogP contribution in [0.1, 0.15) is 19.8 Å². The highest BCUT2D eigenvalue weighted by Gasteiger charge is 2.46. The second-order valence-corrected chi connectivity index (χ2v) is 5.27. The summed E-state index contributed by atoms with van der Waals surface area (Å²) >= 11 is 1.93. The largest absolute Gasteiger partial charge is 0.388 e. The molecule has 0 radical (unpaired) electrons. The summed E-state index contributed by atoms with van der Waals surface area (Å²) in [6, 6.07) is 0. The van der Waals surface area contributed by atoms with E-state index >= 15 is 0 Å². The summed E-state index contributed by atoms with van der Waals surface area (Å²) in [6.45, 7) is 3.38. The predicted molar refractivity (Wildman–Crippen MR) is 56.6 cm³/mol. The number of rotatable bonds is 4. The van der Waals surface area contributed by atoms with Gasteiger partial charge in [-0.1, -0.05) is 13.3 Å². The highest BCUT2D eigenvalue weighted by molar-refractivity contribution is 8.00. The molecule has 2 fully saturated rings. The Bertz CT molecular complexity index is 188. The van der Waals surface area contributed by atoms with Crippen LogP contribution in [0.3, 0.4) is 0 Å². The third-order valence-corrected chi connectivity index (χ3v) is 4.17. The van der Waals surface area contributed by atoms with Crippen LogP contribution >= 0.6 is 11.8 Å². The molecule has 14 heavy (non-hydrogen) atoms. The highest BCUT2D eigenvalue weighted by Crippen LogP contribution is 2.34. The van der Waals surface area contributed by atoms with Crippen LogP contribution in [-0.2, 0) is 9.47 Å². The van der Waals surface area contributed by atoms with Crippen molar-refractivity contribution in [3.8, 4) is 0 Å². The molecule has 0 aromatic carbocycles. The molecule has 4 heteroatoms. The molecule has 0 aromatic rings. The summed E-state index contributed by atoms with van der Waals surface area (Å²) in [5.74, 6) is 1.17. The smallest absolute Gasteiger partial charge is 0.113 e. The first-order valence-corrected chi connectivity index (χ1v) is 6.40.